The van der Waals surface area contributed by atoms with Gasteiger partial charge in [0.25, 0.3) is 0 Å². The lowest BCUT2D eigenvalue weighted by Gasteiger charge is -2.39. The predicted octanol–water partition coefficient (Wildman–Crippen LogP) is 1.82. The standard InChI is InChI=1S/C13H25NO2/c1-15-7-2-6-14-13-4-3-12-10-16-8-5-11(12)9-13/h11-14H,2-10H2,1H3. The fourth-order valence-electron chi connectivity index (χ4n) is 3.08. The molecule has 2 fully saturated rings. The number of rotatable bonds is 5. The molecule has 0 radical (unpaired) electrons. The fraction of sp³-hybridized carbons (Fsp3) is 1.00. The number of fused-ring (bicyclic) bond motifs is 1. The Morgan fingerprint density at radius 2 is 2.19 bits per heavy atom. The van der Waals surface area contributed by atoms with Crippen LogP contribution < -0.4 is 5.32 Å². The lowest BCUT2D eigenvalue weighted by molar-refractivity contribution is -0.00793. The monoisotopic (exact) mass is 227 g/mol. The van der Waals surface area contributed by atoms with Crippen molar-refractivity contribution in [1.82, 2.24) is 5.32 Å². The van der Waals surface area contributed by atoms with Gasteiger partial charge in [-0.3, -0.25) is 0 Å². The van der Waals surface area contributed by atoms with Crippen molar-refractivity contribution in [3.63, 3.8) is 0 Å². The quantitative estimate of drug-likeness (QED) is 0.727. The van der Waals surface area contributed by atoms with E-state index in [-0.39, 0.29) is 0 Å². The second-order valence-electron chi connectivity index (χ2n) is 5.19. The molecule has 16 heavy (non-hydrogen) atoms. The topological polar surface area (TPSA) is 30.5 Å². The first-order chi connectivity index (χ1) is 7.90. The molecular weight excluding hydrogens is 202 g/mol. The van der Waals surface area contributed by atoms with E-state index < -0.39 is 0 Å². The van der Waals surface area contributed by atoms with Crippen molar-refractivity contribution in [2.75, 3.05) is 33.5 Å². The van der Waals surface area contributed by atoms with E-state index in [2.05, 4.69) is 5.32 Å². The van der Waals surface area contributed by atoms with Crippen LogP contribution in [0.2, 0.25) is 0 Å². The van der Waals surface area contributed by atoms with Crippen LogP contribution in [0.15, 0.2) is 0 Å². The van der Waals surface area contributed by atoms with Crippen molar-refractivity contribution in [2.45, 2.75) is 38.1 Å². The highest BCUT2D eigenvalue weighted by Crippen LogP contribution is 2.35. The minimum absolute atomic E-state index is 0.746. The maximum absolute atomic E-state index is 5.55. The molecule has 94 valence electrons. The summed E-state index contributed by atoms with van der Waals surface area (Å²) in [5.41, 5.74) is 0. The highest BCUT2D eigenvalue weighted by molar-refractivity contribution is 4.85. The average Bonchev–Trinajstić information content (AvgIpc) is 2.34. The van der Waals surface area contributed by atoms with Gasteiger partial charge in [0.1, 0.15) is 0 Å². The third-order valence-electron chi connectivity index (χ3n) is 4.06. The van der Waals surface area contributed by atoms with E-state index in [9.17, 15) is 0 Å². The number of nitrogens with one attached hydrogen (secondary N) is 1. The lowest BCUT2D eigenvalue weighted by Crippen LogP contribution is -2.41. The summed E-state index contributed by atoms with van der Waals surface area (Å²) in [6.45, 7) is 3.98. The molecule has 1 saturated carbocycles. The van der Waals surface area contributed by atoms with Gasteiger partial charge in [-0.05, 0) is 50.5 Å². The molecule has 3 nitrogen and oxygen atoms in total. The maximum atomic E-state index is 5.55. The van der Waals surface area contributed by atoms with Gasteiger partial charge in [-0.15, -0.1) is 0 Å². The van der Waals surface area contributed by atoms with Crippen molar-refractivity contribution in [1.29, 1.82) is 0 Å². The van der Waals surface area contributed by atoms with Gasteiger partial charge in [0.2, 0.25) is 0 Å². The molecule has 3 heteroatoms. The van der Waals surface area contributed by atoms with Gasteiger partial charge in [0.05, 0.1) is 0 Å². The van der Waals surface area contributed by atoms with Crippen molar-refractivity contribution in [3.05, 3.63) is 0 Å². The molecule has 1 N–H and O–H groups in total. The summed E-state index contributed by atoms with van der Waals surface area (Å²) in [5, 5.41) is 3.67. The first-order valence-electron chi connectivity index (χ1n) is 6.70. The van der Waals surface area contributed by atoms with Crippen LogP contribution in [0.5, 0.6) is 0 Å². The van der Waals surface area contributed by atoms with Crippen LogP contribution in [0.25, 0.3) is 0 Å². The normalized spacial score (nSPS) is 34.7. The SMILES string of the molecule is COCCCNC1CCC2COCCC2C1. The minimum atomic E-state index is 0.746. The van der Waals surface area contributed by atoms with E-state index in [1.807, 2.05) is 0 Å². The summed E-state index contributed by atoms with van der Waals surface area (Å²) in [6.07, 6.45) is 6.45. The molecule has 0 aromatic heterocycles. The smallest absolute Gasteiger partial charge is 0.0496 e. The molecule has 2 aliphatic rings. The second kappa shape index (κ2) is 6.58. The van der Waals surface area contributed by atoms with E-state index in [4.69, 9.17) is 9.47 Å². The Balaban J connectivity index is 1.65. The van der Waals surface area contributed by atoms with Crippen LogP contribution in [0.4, 0.5) is 0 Å². The maximum Gasteiger partial charge on any atom is 0.0496 e. The Morgan fingerprint density at radius 3 is 3.06 bits per heavy atom. The van der Waals surface area contributed by atoms with Gasteiger partial charge in [-0.2, -0.15) is 0 Å². The van der Waals surface area contributed by atoms with E-state index in [0.717, 1.165) is 50.7 Å². The average molecular weight is 227 g/mol. The predicted molar refractivity (Wildman–Crippen MR) is 64.6 cm³/mol. The Morgan fingerprint density at radius 1 is 1.25 bits per heavy atom. The van der Waals surface area contributed by atoms with Gasteiger partial charge in [-0.1, -0.05) is 0 Å². The molecule has 0 amide bonds. The Kier molecular flexibility index (Phi) is 5.07. The molecule has 1 aliphatic carbocycles. The van der Waals surface area contributed by atoms with Gasteiger partial charge >= 0.3 is 0 Å². The Bertz CT molecular complexity index is 198. The third kappa shape index (κ3) is 3.44. The van der Waals surface area contributed by atoms with Crippen LogP contribution >= 0.6 is 0 Å². The molecular formula is C13H25NO2. The molecule has 3 atom stereocenters. The van der Waals surface area contributed by atoms with E-state index >= 15 is 0 Å². The molecule has 0 spiro atoms. The number of hydrogen-bond acceptors (Lipinski definition) is 3. The van der Waals surface area contributed by atoms with Crippen molar-refractivity contribution < 1.29 is 9.47 Å². The van der Waals surface area contributed by atoms with E-state index in [1.54, 1.807) is 7.11 Å². The largest absolute Gasteiger partial charge is 0.385 e. The second-order valence-corrected chi connectivity index (χ2v) is 5.19. The van der Waals surface area contributed by atoms with Gasteiger partial charge < -0.3 is 14.8 Å². The van der Waals surface area contributed by atoms with E-state index in [1.165, 1.54) is 25.7 Å². The number of methoxy groups -OCH3 is 1. The van der Waals surface area contributed by atoms with Crippen molar-refractivity contribution in [2.24, 2.45) is 11.8 Å². The summed E-state index contributed by atoms with van der Waals surface area (Å²) < 4.78 is 10.6. The summed E-state index contributed by atoms with van der Waals surface area (Å²) in [5.74, 6) is 1.77. The Hall–Kier alpha value is -0.120. The molecule has 0 bridgehead atoms. The Labute approximate surface area is 98.9 Å². The number of hydrogen-bond donors (Lipinski definition) is 1. The van der Waals surface area contributed by atoms with Crippen molar-refractivity contribution in [3.8, 4) is 0 Å². The highest BCUT2D eigenvalue weighted by atomic mass is 16.5. The molecule has 3 unspecified atom stereocenters. The van der Waals surface area contributed by atoms with E-state index in [0.29, 0.717) is 0 Å². The minimum Gasteiger partial charge on any atom is -0.385 e. The summed E-state index contributed by atoms with van der Waals surface area (Å²) >= 11 is 0. The fourth-order valence-corrected chi connectivity index (χ4v) is 3.08. The summed E-state index contributed by atoms with van der Waals surface area (Å²) in [4.78, 5) is 0. The zero-order valence-corrected chi connectivity index (χ0v) is 10.4. The zero-order valence-electron chi connectivity index (χ0n) is 10.4. The van der Waals surface area contributed by atoms with Crippen LogP contribution in [-0.2, 0) is 9.47 Å². The third-order valence-corrected chi connectivity index (χ3v) is 4.06. The number of ether oxygens (including phenoxy) is 2. The molecule has 0 aromatic carbocycles. The van der Waals surface area contributed by atoms with Crippen LogP contribution in [0.3, 0.4) is 0 Å². The molecule has 1 saturated heterocycles. The van der Waals surface area contributed by atoms with Gasteiger partial charge in [0, 0.05) is 33.0 Å². The van der Waals surface area contributed by atoms with Crippen LogP contribution in [0, 0.1) is 11.8 Å². The molecule has 2 rings (SSSR count). The summed E-state index contributed by atoms with van der Waals surface area (Å²) in [6, 6.07) is 0.746. The van der Waals surface area contributed by atoms with Crippen LogP contribution in [-0.4, -0.2) is 39.5 Å². The first-order valence-corrected chi connectivity index (χ1v) is 6.70. The highest BCUT2D eigenvalue weighted by Gasteiger charge is 2.32. The molecule has 1 heterocycles. The van der Waals surface area contributed by atoms with Gasteiger partial charge in [0.15, 0.2) is 0 Å². The van der Waals surface area contributed by atoms with Crippen molar-refractivity contribution >= 4 is 0 Å². The lowest BCUT2D eigenvalue weighted by atomic mass is 9.75. The summed E-state index contributed by atoms with van der Waals surface area (Å²) in [7, 11) is 1.77. The van der Waals surface area contributed by atoms with Gasteiger partial charge in [-0.25, -0.2) is 0 Å². The van der Waals surface area contributed by atoms with Crippen LogP contribution in [0.1, 0.15) is 32.1 Å². The first kappa shape index (κ1) is 12.3. The zero-order chi connectivity index (χ0) is 11.2. The molecule has 0 aromatic rings. The molecule has 1 aliphatic heterocycles.